The lowest BCUT2D eigenvalue weighted by Gasteiger charge is -1.74. The first-order valence-corrected chi connectivity index (χ1v) is 2.58. The fourth-order valence-electron chi connectivity index (χ4n) is 0.795. The van der Waals surface area contributed by atoms with Crippen LogP contribution in [0.25, 0.3) is 5.65 Å². The summed E-state index contributed by atoms with van der Waals surface area (Å²) >= 11 is 0. The molecule has 0 aromatic carbocycles. The van der Waals surface area contributed by atoms with Crippen molar-refractivity contribution in [2.45, 2.75) is 0 Å². The Morgan fingerprint density at radius 3 is 3.33 bits per heavy atom. The molecule has 0 aliphatic heterocycles. The lowest BCUT2D eigenvalue weighted by atomic mass is 10.7. The molecule has 2 heterocycles. The lowest BCUT2D eigenvalue weighted by Crippen LogP contribution is -1.75. The van der Waals surface area contributed by atoms with Crippen molar-refractivity contribution in [1.29, 1.82) is 0 Å². The van der Waals surface area contributed by atoms with Gasteiger partial charge in [0.15, 0.2) is 5.65 Å². The number of aromatic hydroxyl groups is 1. The Bertz CT molecular complexity index is 293. The Morgan fingerprint density at radius 2 is 2.56 bits per heavy atom. The van der Waals surface area contributed by atoms with Gasteiger partial charge in [0, 0.05) is 12.3 Å². The number of rotatable bonds is 0. The van der Waals surface area contributed by atoms with Crippen LogP contribution in [0.3, 0.4) is 0 Å². The second-order valence-corrected chi connectivity index (χ2v) is 1.79. The van der Waals surface area contributed by atoms with E-state index in [4.69, 9.17) is 5.11 Å². The van der Waals surface area contributed by atoms with Crippen molar-refractivity contribution in [3.8, 4) is 5.88 Å². The van der Waals surface area contributed by atoms with Gasteiger partial charge in [-0.2, -0.15) is 4.98 Å². The summed E-state index contributed by atoms with van der Waals surface area (Å²) < 4.78 is 1.63. The Morgan fingerprint density at radius 1 is 1.67 bits per heavy atom. The number of nitrogens with zero attached hydrogens (tertiary/aromatic N) is 2. The zero-order valence-electron chi connectivity index (χ0n) is 4.57. The average molecular weight is 123 g/mol. The van der Waals surface area contributed by atoms with E-state index in [-0.39, 0.29) is 5.88 Å². The van der Waals surface area contributed by atoms with Gasteiger partial charge in [-0.1, -0.05) is 0 Å². The zero-order chi connectivity index (χ0) is 6.27. The molecule has 9 heavy (non-hydrogen) atoms. The minimum Gasteiger partial charge on any atom is -0.492 e. The maximum Gasteiger partial charge on any atom is 0.231 e. The van der Waals surface area contributed by atoms with Crippen LogP contribution in [0.1, 0.15) is 0 Å². The van der Waals surface area contributed by atoms with E-state index in [1.54, 1.807) is 16.8 Å². The smallest absolute Gasteiger partial charge is 0.231 e. The zero-order valence-corrected chi connectivity index (χ0v) is 4.57. The predicted octanol–water partition coefficient (Wildman–Crippen LogP) is 0.368. The molecule has 0 aliphatic rings. The van der Waals surface area contributed by atoms with Crippen molar-refractivity contribution in [1.82, 2.24) is 14.6 Å². The highest BCUT2D eigenvalue weighted by atomic mass is 16.3. The minimum atomic E-state index is 0.0434. The Kier molecular flexibility index (Phi) is 0.631. The van der Waals surface area contributed by atoms with Gasteiger partial charge in [-0.3, -0.25) is 5.10 Å². The summed E-state index contributed by atoms with van der Waals surface area (Å²) in [7, 11) is 0. The highest BCUT2D eigenvalue weighted by Crippen LogP contribution is 2.06. The third-order valence-electron chi connectivity index (χ3n) is 1.17. The topological polar surface area (TPSA) is 53.3 Å². The third-order valence-corrected chi connectivity index (χ3v) is 1.17. The van der Waals surface area contributed by atoms with Crippen molar-refractivity contribution in [2.75, 3.05) is 0 Å². The second-order valence-electron chi connectivity index (χ2n) is 1.79. The number of aromatic amines is 1. The van der Waals surface area contributed by atoms with Crippen LogP contribution in [0.15, 0.2) is 18.5 Å². The lowest BCUT2D eigenvalue weighted by molar-refractivity contribution is 0.456. The van der Waals surface area contributed by atoms with Crippen LogP contribution in [0.4, 0.5) is 0 Å². The van der Waals surface area contributed by atoms with Crippen LogP contribution in [0.2, 0.25) is 0 Å². The Hall–Kier alpha value is -1.45. The molecule has 2 rings (SSSR count). The van der Waals surface area contributed by atoms with Crippen LogP contribution in [0, 0.1) is 0 Å². The molecule has 2 aromatic heterocycles. The first-order chi connectivity index (χ1) is 4.36. The fourth-order valence-corrected chi connectivity index (χ4v) is 0.795. The van der Waals surface area contributed by atoms with Crippen LogP contribution in [-0.4, -0.2) is 19.7 Å². The Labute approximate surface area is 50.7 Å². The van der Waals surface area contributed by atoms with Crippen LogP contribution in [0.5, 0.6) is 5.88 Å². The van der Waals surface area contributed by atoms with E-state index in [0.717, 1.165) is 5.65 Å². The molecule has 0 atom stereocenters. The van der Waals surface area contributed by atoms with Crippen molar-refractivity contribution >= 4 is 5.65 Å². The fraction of sp³-hybridized carbons (Fsp3) is 0. The van der Waals surface area contributed by atoms with E-state index in [2.05, 4.69) is 10.1 Å². The van der Waals surface area contributed by atoms with Crippen LogP contribution in [-0.2, 0) is 0 Å². The van der Waals surface area contributed by atoms with Crippen molar-refractivity contribution in [3.63, 3.8) is 0 Å². The molecule has 0 fully saturated rings. The van der Waals surface area contributed by atoms with Gasteiger partial charge in [0.25, 0.3) is 0 Å². The van der Waals surface area contributed by atoms with Gasteiger partial charge < -0.3 is 5.11 Å². The summed E-state index contributed by atoms with van der Waals surface area (Å²) in [6.07, 6.45) is 3.26. The van der Waals surface area contributed by atoms with E-state index >= 15 is 0 Å². The number of nitrogens with one attached hydrogen (secondary N) is 1. The van der Waals surface area contributed by atoms with Gasteiger partial charge in [0.1, 0.15) is 0 Å². The molecule has 2 N–H and O–H groups in total. The van der Waals surface area contributed by atoms with Gasteiger partial charge >= 0.3 is 0 Å². The van der Waals surface area contributed by atoms with Gasteiger partial charge in [-0.25, -0.2) is 4.52 Å². The minimum absolute atomic E-state index is 0.0434. The van der Waals surface area contributed by atoms with E-state index in [0.29, 0.717) is 0 Å². The van der Waals surface area contributed by atoms with Gasteiger partial charge in [0.05, 0.1) is 6.20 Å². The van der Waals surface area contributed by atoms with Gasteiger partial charge in [0.2, 0.25) is 5.88 Å². The summed E-state index contributed by atoms with van der Waals surface area (Å²) in [5, 5.41) is 11.6. The summed E-state index contributed by atoms with van der Waals surface area (Å²) in [6.45, 7) is 0. The number of imidazole rings is 1. The average Bonchev–Trinajstić information content (AvgIpc) is 2.22. The molecule has 4 heteroatoms. The number of aromatic nitrogens is 3. The summed E-state index contributed by atoms with van der Waals surface area (Å²) in [6, 6.07) is 1.78. The molecule has 0 amide bonds. The van der Waals surface area contributed by atoms with Gasteiger partial charge in [-0.05, 0) is 0 Å². The summed E-state index contributed by atoms with van der Waals surface area (Å²) in [5.74, 6) is 0.0434. The molecular weight excluding hydrogens is 118 g/mol. The highest BCUT2D eigenvalue weighted by molar-refractivity contribution is 5.38. The van der Waals surface area contributed by atoms with Crippen LogP contribution < -0.4 is 0 Å². The number of hydrogen-bond donors (Lipinski definition) is 2. The second kappa shape index (κ2) is 1.28. The molecule has 0 radical (unpaired) electrons. The first kappa shape index (κ1) is 4.43. The molecule has 0 spiro atoms. The molecule has 0 saturated carbocycles. The number of fused-ring (bicyclic) bond motifs is 1. The maximum absolute atomic E-state index is 8.79. The van der Waals surface area contributed by atoms with E-state index in [9.17, 15) is 0 Å². The van der Waals surface area contributed by atoms with Crippen molar-refractivity contribution < 1.29 is 5.11 Å². The van der Waals surface area contributed by atoms with E-state index in [1.807, 2.05) is 0 Å². The Balaban J connectivity index is 2.92. The molecule has 0 bridgehead atoms. The maximum atomic E-state index is 8.79. The molecule has 46 valence electrons. The molecule has 4 nitrogen and oxygen atoms in total. The largest absolute Gasteiger partial charge is 0.492 e. The number of hydrogen-bond acceptors (Lipinski definition) is 2. The van der Waals surface area contributed by atoms with Crippen molar-refractivity contribution in [2.24, 2.45) is 0 Å². The third kappa shape index (κ3) is 0.495. The molecular formula is C5H5N3O. The highest BCUT2D eigenvalue weighted by Gasteiger charge is 1.96. The first-order valence-electron chi connectivity index (χ1n) is 2.58. The van der Waals surface area contributed by atoms with E-state index in [1.165, 1.54) is 6.20 Å². The monoisotopic (exact) mass is 123 g/mol. The molecule has 0 aliphatic carbocycles. The van der Waals surface area contributed by atoms with E-state index < -0.39 is 0 Å². The molecule has 0 saturated heterocycles. The van der Waals surface area contributed by atoms with Crippen molar-refractivity contribution in [3.05, 3.63) is 18.5 Å². The quantitative estimate of drug-likeness (QED) is 0.531. The van der Waals surface area contributed by atoms with Gasteiger partial charge in [-0.15, -0.1) is 0 Å². The SMILES string of the molecule is Oc1cn2[nH]ccc2n1. The number of H-pyrrole nitrogens is 1. The molecule has 0 unspecified atom stereocenters. The predicted molar refractivity (Wildman–Crippen MR) is 31.2 cm³/mol. The molecule has 2 aromatic rings. The standard InChI is InChI=1S/C5H5N3O/c9-5-3-8-4(7-5)1-2-6-8/h1-3,6,9H. The summed E-state index contributed by atoms with van der Waals surface area (Å²) in [5.41, 5.74) is 0.729. The normalized spacial score (nSPS) is 10.7. The summed E-state index contributed by atoms with van der Waals surface area (Å²) in [4.78, 5) is 3.76. The van der Waals surface area contributed by atoms with Crippen LogP contribution >= 0.6 is 0 Å².